The van der Waals surface area contributed by atoms with Gasteiger partial charge in [-0.1, -0.05) is 17.7 Å². The van der Waals surface area contributed by atoms with E-state index < -0.39 is 0 Å². The number of hydrogen-bond donors (Lipinski definition) is 0. The van der Waals surface area contributed by atoms with Crippen molar-refractivity contribution in [2.45, 2.75) is 13.3 Å². The standard InChI is InChI=1S/C23H20ClN3O2S/c1-2-26(14-11-16-9-12-25-13-10-16)21-20(19-4-3-15-30-19)22(28)27(23(21)29)18-7-5-17(24)6-8-18/h3-10,12-13,15H,2,11,14H2,1H3. The van der Waals surface area contributed by atoms with Gasteiger partial charge in [-0.25, -0.2) is 4.90 Å². The summed E-state index contributed by atoms with van der Waals surface area (Å²) in [6, 6.07) is 14.4. The molecule has 0 atom stereocenters. The van der Waals surface area contributed by atoms with E-state index in [1.807, 2.05) is 41.5 Å². The maximum absolute atomic E-state index is 13.5. The Morgan fingerprint density at radius 1 is 1.03 bits per heavy atom. The van der Waals surface area contributed by atoms with Crippen LogP contribution in [0.1, 0.15) is 17.4 Å². The Hall–Kier alpha value is -2.96. The fourth-order valence-electron chi connectivity index (χ4n) is 3.52. The van der Waals surface area contributed by atoms with Crippen LogP contribution in [0.25, 0.3) is 5.57 Å². The fraction of sp³-hybridized carbons (Fsp3) is 0.174. The second-order valence-electron chi connectivity index (χ2n) is 6.81. The van der Waals surface area contributed by atoms with E-state index in [1.165, 1.54) is 16.2 Å². The van der Waals surface area contributed by atoms with Gasteiger partial charge in [0.15, 0.2) is 0 Å². The average molecular weight is 438 g/mol. The lowest BCUT2D eigenvalue weighted by Crippen LogP contribution is -2.36. The number of anilines is 1. The van der Waals surface area contributed by atoms with E-state index in [0.29, 0.717) is 35.1 Å². The first kappa shape index (κ1) is 20.3. The van der Waals surface area contributed by atoms with Gasteiger partial charge >= 0.3 is 0 Å². The van der Waals surface area contributed by atoms with Gasteiger partial charge in [0.25, 0.3) is 11.8 Å². The molecule has 0 N–H and O–H groups in total. The van der Waals surface area contributed by atoms with Gasteiger partial charge in [0, 0.05) is 35.4 Å². The van der Waals surface area contributed by atoms with Crippen LogP contribution in [0, 0.1) is 0 Å². The van der Waals surface area contributed by atoms with E-state index in [-0.39, 0.29) is 11.8 Å². The van der Waals surface area contributed by atoms with E-state index in [4.69, 9.17) is 11.6 Å². The molecule has 30 heavy (non-hydrogen) atoms. The Bertz CT molecular complexity index is 1080. The van der Waals surface area contributed by atoms with Crippen molar-refractivity contribution >= 4 is 46.0 Å². The number of halogens is 1. The Balaban J connectivity index is 1.71. The van der Waals surface area contributed by atoms with E-state index in [0.717, 1.165) is 16.9 Å². The van der Waals surface area contributed by atoms with Crippen LogP contribution in [0.15, 0.2) is 72.0 Å². The first-order valence-electron chi connectivity index (χ1n) is 9.66. The van der Waals surface area contributed by atoms with Crippen LogP contribution in [0.2, 0.25) is 5.02 Å². The number of carbonyl (C=O) groups excluding carboxylic acids is 2. The molecule has 3 aromatic rings. The summed E-state index contributed by atoms with van der Waals surface area (Å²) in [6.45, 7) is 3.23. The summed E-state index contributed by atoms with van der Waals surface area (Å²) in [5.74, 6) is -0.607. The fourth-order valence-corrected chi connectivity index (χ4v) is 4.41. The Kier molecular flexibility index (Phi) is 5.97. The predicted molar refractivity (Wildman–Crippen MR) is 120 cm³/mol. The number of benzene rings is 1. The van der Waals surface area contributed by atoms with Crippen molar-refractivity contribution < 1.29 is 9.59 Å². The summed E-state index contributed by atoms with van der Waals surface area (Å²) in [6.07, 6.45) is 4.27. The molecular weight excluding hydrogens is 418 g/mol. The summed E-state index contributed by atoms with van der Waals surface area (Å²) in [4.78, 5) is 35.0. The highest BCUT2D eigenvalue weighted by Gasteiger charge is 2.42. The maximum Gasteiger partial charge on any atom is 0.282 e. The van der Waals surface area contributed by atoms with Gasteiger partial charge in [0.2, 0.25) is 0 Å². The zero-order chi connectivity index (χ0) is 21.1. The summed E-state index contributed by atoms with van der Waals surface area (Å²) in [5, 5.41) is 2.47. The maximum atomic E-state index is 13.5. The van der Waals surface area contributed by atoms with Crippen molar-refractivity contribution in [2.75, 3.05) is 18.0 Å². The van der Waals surface area contributed by atoms with Gasteiger partial charge in [-0.15, -0.1) is 11.3 Å². The van der Waals surface area contributed by atoms with Gasteiger partial charge in [0.05, 0.1) is 11.3 Å². The highest BCUT2D eigenvalue weighted by molar-refractivity contribution is 7.11. The van der Waals surface area contributed by atoms with Crippen molar-refractivity contribution in [3.63, 3.8) is 0 Å². The van der Waals surface area contributed by atoms with E-state index in [2.05, 4.69) is 4.98 Å². The largest absolute Gasteiger partial charge is 0.366 e. The van der Waals surface area contributed by atoms with Crippen molar-refractivity contribution in [2.24, 2.45) is 0 Å². The third kappa shape index (κ3) is 3.88. The number of thiophene rings is 1. The normalized spacial score (nSPS) is 14.0. The zero-order valence-corrected chi connectivity index (χ0v) is 18.0. The second-order valence-corrected chi connectivity index (χ2v) is 8.19. The first-order valence-corrected chi connectivity index (χ1v) is 10.9. The molecule has 2 aromatic heterocycles. The minimum atomic E-state index is -0.304. The van der Waals surface area contributed by atoms with Crippen molar-refractivity contribution in [1.82, 2.24) is 9.88 Å². The molecule has 5 nitrogen and oxygen atoms in total. The van der Waals surface area contributed by atoms with Crippen LogP contribution < -0.4 is 4.90 Å². The molecule has 3 heterocycles. The van der Waals surface area contributed by atoms with Crippen LogP contribution in [0.5, 0.6) is 0 Å². The van der Waals surface area contributed by atoms with E-state index >= 15 is 0 Å². The molecule has 152 valence electrons. The van der Waals surface area contributed by atoms with Gasteiger partial charge < -0.3 is 4.90 Å². The molecule has 1 aromatic carbocycles. The summed E-state index contributed by atoms with van der Waals surface area (Å²) in [5.41, 5.74) is 2.56. The van der Waals surface area contributed by atoms with Crippen molar-refractivity contribution in [3.8, 4) is 0 Å². The third-order valence-electron chi connectivity index (χ3n) is 5.03. The SMILES string of the molecule is CCN(CCc1ccncc1)C1=C(c2cccs2)C(=O)N(c2ccc(Cl)cc2)C1=O. The first-order chi connectivity index (χ1) is 14.6. The Morgan fingerprint density at radius 2 is 1.77 bits per heavy atom. The molecular formula is C23H20ClN3O2S. The quantitative estimate of drug-likeness (QED) is 0.505. The lowest BCUT2D eigenvalue weighted by molar-refractivity contribution is -0.120. The summed E-state index contributed by atoms with van der Waals surface area (Å²) in [7, 11) is 0. The number of hydrogen-bond acceptors (Lipinski definition) is 5. The van der Waals surface area contributed by atoms with Gasteiger partial charge in [-0.3, -0.25) is 14.6 Å². The number of carbonyl (C=O) groups is 2. The van der Waals surface area contributed by atoms with Crippen molar-refractivity contribution in [1.29, 1.82) is 0 Å². The van der Waals surface area contributed by atoms with Crippen molar-refractivity contribution in [3.05, 3.63) is 87.5 Å². The number of amides is 2. The van der Waals surface area contributed by atoms with Crippen LogP contribution in [0.3, 0.4) is 0 Å². The molecule has 1 aliphatic heterocycles. The van der Waals surface area contributed by atoms with Crippen LogP contribution >= 0.6 is 22.9 Å². The highest BCUT2D eigenvalue weighted by Crippen LogP contribution is 2.36. The Labute approximate surface area is 184 Å². The number of imide groups is 1. The molecule has 0 aliphatic carbocycles. The summed E-state index contributed by atoms with van der Waals surface area (Å²) < 4.78 is 0. The number of aromatic nitrogens is 1. The monoisotopic (exact) mass is 437 g/mol. The van der Waals surface area contributed by atoms with Gasteiger partial charge in [0.1, 0.15) is 5.70 Å². The minimum Gasteiger partial charge on any atom is -0.366 e. The molecule has 0 spiro atoms. The molecule has 0 unspecified atom stereocenters. The molecule has 4 rings (SSSR count). The van der Waals surface area contributed by atoms with Gasteiger partial charge in [-0.2, -0.15) is 0 Å². The molecule has 0 bridgehead atoms. The predicted octanol–water partition coefficient (Wildman–Crippen LogP) is 4.65. The lowest BCUT2D eigenvalue weighted by atomic mass is 10.1. The molecule has 0 saturated heterocycles. The Morgan fingerprint density at radius 3 is 2.40 bits per heavy atom. The number of rotatable bonds is 7. The van der Waals surface area contributed by atoms with E-state index in [1.54, 1.807) is 36.7 Å². The minimum absolute atomic E-state index is 0.303. The van der Waals surface area contributed by atoms with Crippen LogP contribution in [-0.4, -0.2) is 34.8 Å². The van der Waals surface area contributed by atoms with Crippen LogP contribution in [0.4, 0.5) is 5.69 Å². The summed E-state index contributed by atoms with van der Waals surface area (Å²) >= 11 is 7.45. The average Bonchev–Trinajstić information content (AvgIpc) is 3.37. The second kappa shape index (κ2) is 8.81. The molecule has 0 saturated carbocycles. The lowest BCUT2D eigenvalue weighted by Gasteiger charge is -2.24. The molecule has 0 radical (unpaired) electrons. The van der Waals surface area contributed by atoms with Gasteiger partial charge in [-0.05, 0) is 66.8 Å². The molecule has 2 amide bonds. The topological polar surface area (TPSA) is 53.5 Å². The van der Waals surface area contributed by atoms with Crippen LogP contribution in [-0.2, 0) is 16.0 Å². The van der Waals surface area contributed by atoms with E-state index in [9.17, 15) is 9.59 Å². The highest BCUT2D eigenvalue weighted by atomic mass is 35.5. The number of likely N-dealkylation sites (N-methyl/N-ethyl adjacent to an activating group) is 1. The smallest absolute Gasteiger partial charge is 0.282 e. The third-order valence-corrected chi connectivity index (χ3v) is 6.17. The molecule has 1 aliphatic rings. The zero-order valence-electron chi connectivity index (χ0n) is 16.4. The number of pyridine rings is 1. The number of nitrogens with zero attached hydrogens (tertiary/aromatic N) is 3. The molecule has 0 fully saturated rings. The molecule has 7 heteroatoms.